The average Bonchev–Trinajstić information content (AvgIpc) is 3.47. The van der Waals surface area contributed by atoms with Gasteiger partial charge in [0, 0.05) is 41.7 Å². The van der Waals surface area contributed by atoms with Crippen LogP contribution in [0.4, 0.5) is 13.2 Å². The Labute approximate surface area is 203 Å². The van der Waals surface area contributed by atoms with Crippen LogP contribution in [0.1, 0.15) is 33.1 Å². The van der Waals surface area contributed by atoms with Crippen molar-refractivity contribution in [3.63, 3.8) is 0 Å². The molecule has 2 aromatic heterocycles. The monoisotopic (exact) mass is 490 g/mol. The van der Waals surface area contributed by atoms with Gasteiger partial charge in [0.1, 0.15) is 0 Å². The van der Waals surface area contributed by atoms with Crippen molar-refractivity contribution >= 4 is 27.8 Å². The van der Waals surface area contributed by atoms with E-state index in [4.69, 9.17) is 0 Å². The molecule has 1 aliphatic carbocycles. The molecule has 0 saturated heterocycles. The fraction of sp³-hybridized carbons (Fsp3) is 0.185. The zero-order valence-corrected chi connectivity index (χ0v) is 19.1. The third kappa shape index (κ3) is 3.54. The molecular weight excluding hydrogens is 469 g/mol. The first-order chi connectivity index (χ1) is 17.2. The number of aryl methyl sites for hydroxylation is 1. The van der Waals surface area contributed by atoms with Gasteiger partial charge in [0.15, 0.2) is 5.65 Å². The fourth-order valence-corrected chi connectivity index (χ4v) is 5.07. The van der Waals surface area contributed by atoms with E-state index in [0.29, 0.717) is 23.3 Å². The Morgan fingerprint density at radius 2 is 1.81 bits per heavy atom. The van der Waals surface area contributed by atoms with Gasteiger partial charge >= 0.3 is 6.18 Å². The number of aliphatic hydroxyl groups excluding tert-OH is 1. The highest BCUT2D eigenvalue weighted by Crippen LogP contribution is 2.35. The number of benzene rings is 3. The number of hydrogen-bond donors (Lipinski definition) is 2. The van der Waals surface area contributed by atoms with Crippen molar-refractivity contribution in [2.45, 2.75) is 24.7 Å². The maximum absolute atomic E-state index is 13.2. The number of nitrogens with zero attached hydrogens (tertiary/aromatic N) is 3. The van der Waals surface area contributed by atoms with E-state index >= 15 is 0 Å². The van der Waals surface area contributed by atoms with Crippen LogP contribution in [0.3, 0.4) is 0 Å². The Morgan fingerprint density at radius 3 is 2.56 bits per heavy atom. The van der Waals surface area contributed by atoms with E-state index in [2.05, 4.69) is 10.4 Å². The zero-order valence-electron chi connectivity index (χ0n) is 19.1. The molecule has 6 rings (SSSR count). The quantitative estimate of drug-likeness (QED) is 0.377. The molecule has 0 bridgehead atoms. The highest BCUT2D eigenvalue weighted by Gasteiger charge is 2.32. The number of amides is 1. The number of nitrogens with one attached hydrogen (secondary N) is 1. The molecule has 9 heteroatoms. The van der Waals surface area contributed by atoms with Crippen LogP contribution < -0.4 is 5.32 Å². The summed E-state index contributed by atoms with van der Waals surface area (Å²) >= 11 is 0. The van der Waals surface area contributed by atoms with Crippen LogP contribution >= 0.6 is 0 Å². The Hall–Kier alpha value is -4.11. The molecule has 0 spiro atoms. The molecule has 36 heavy (non-hydrogen) atoms. The molecule has 3 aromatic carbocycles. The van der Waals surface area contributed by atoms with Crippen molar-refractivity contribution in [3.05, 3.63) is 95.2 Å². The van der Waals surface area contributed by atoms with Gasteiger partial charge in [0.05, 0.1) is 23.2 Å². The number of fused-ring (bicyclic) bond motifs is 4. The lowest BCUT2D eigenvalue weighted by Gasteiger charge is -2.18. The normalized spacial score (nSPS) is 17.6. The predicted molar refractivity (Wildman–Crippen MR) is 129 cm³/mol. The predicted octanol–water partition coefficient (Wildman–Crippen LogP) is 4.92. The fourth-order valence-electron chi connectivity index (χ4n) is 5.07. The standard InChI is InChI=1S/C27H21F3N4O2/c1-33-14-21-20-12-16(26(36)31-24-19-5-3-2-4-15(19)13-23(24)35)6-11-22(20)34(25(21)32-33)18-9-7-17(8-10-18)27(28,29)30/h2-12,14,23-24,35H,13H2,1H3,(H,31,36)/t23-,24-/m0/s1. The van der Waals surface area contributed by atoms with Gasteiger partial charge in [0.2, 0.25) is 0 Å². The van der Waals surface area contributed by atoms with Crippen molar-refractivity contribution in [2.24, 2.45) is 7.05 Å². The van der Waals surface area contributed by atoms with Crippen molar-refractivity contribution in [3.8, 4) is 5.69 Å². The Bertz CT molecular complexity index is 1630. The summed E-state index contributed by atoms with van der Waals surface area (Å²) in [5, 5.41) is 19.5. The molecule has 182 valence electrons. The van der Waals surface area contributed by atoms with Gasteiger partial charge in [-0.15, -0.1) is 0 Å². The number of alkyl halides is 3. The number of rotatable bonds is 3. The molecular formula is C27H21F3N4O2. The highest BCUT2D eigenvalue weighted by atomic mass is 19.4. The molecule has 6 nitrogen and oxygen atoms in total. The van der Waals surface area contributed by atoms with E-state index in [1.807, 2.05) is 30.5 Å². The average molecular weight is 490 g/mol. The number of carbonyl (C=O) groups is 1. The first kappa shape index (κ1) is 22.4. The number of aromatic nitrogens is 3. The molecule has 0 unspecified atom stereocenters. The van der Waals surface area contributed by atoms with E-state index < -0.39 is 23.9 Å². The summed E-state index contributed by atoms with van der Waals surface area (Å²) in [7, 11) is 1.76. The molecule has 0 fully saturated rings. The molecule has 2 N–H and O–H groups in total. The number of hydrogen-bond acceptors (Lipinski definition) is 3. The minimum atomic E-state index is -4.42. The van der Waals surface area contributed by atoms with E-state index in [1.54, 1.807) is 34.5 Å². The van der Waals surface area contributed by atoms with Crippen LogP contribution in [-0.4, -0.2) is 31.5 Å². The number of aliphatic hydroxyl groups is 1. The summed E-state index contributed by atoms with van der Waals surface area (Å²) < 4.78 is 42.6. The van der Waals surface area contributed by atoms with Gasteiger partial charge in [-0.05, 0) is 53.6 Å². The lowest BCUT2D eigenvalue weighted by Crippen LogP contribution is -2.33. The first-order valence-corrected chi connectivity index (χ1v) is 11.4. The van der Waals surface area contributed by atoms with Gasteiger partial charge in [-0.1, -0.05) is 24.3 Å². The summed E-state index contributed by atoms with van der Waals surface area (Å²) in [5.74, 6) is -0.322. The Kier molecular flexibility index (Phi) is 4.94. The lowest BCUT2D eigenvalue weighted by atomic mass is 10.1. The summed E-state index contributed by atoms with van der Waals surface area (Å²) in [6, 6.07) is 17.2. The Balaban J connectivity index is 1.40. The van der Waals surface area contributed by atoms with Crippen LogP contribution in [0.2, 0.25) is 0 Å². The second-order valence-corrected chi connectivity index (χ2v) is 9.07. The summed E-state index contributed by atoms with van der Waals surface area (Å²) in [4.78, 5) is 13.2. The molecule has 0 radical (unpaired) electrons. The smallest absolute Gasteiger partial charge is 0.390 e. The lowest BCUT2D eigenvalue weighted by molar-refractivity contribution is -0.137. The number of halogens is 3. The SMILES string of the molecule is Cn1cc2c3cc(C(=O)N[C@H]4c5ccccc5C[C@@H]4O)ccc3n(-c3ccc(C(F)(F)F)cc3)c2n1. The molecule has 1 aliphatic rings. The summed E-state index contributed by atoms with van der Waals surface area (Å²) in [6.07, 6.45) is -2.84. The topological polar surface area (TPSA) is 72.1 Å². The zero-order chi connectivity index (χ0) is 25.2. The summed E-state index contributed by atoms with van der Waals surface area (Å²) in [6.45, 7) is 0. The summed E-state index contributed by atoms with van der Waals surface area (Å²) in [5.41, 5.74) is 3.42. The molecule has 1 amide bonds. The van der Waals surface area contributed by atoms with Crippen LogP contribution in [0, 0.1) is 0 Å². The minimum Gasteiger partial charge on any atom is -0.390 e. The maximum atomic E-state index is 13.2. The molecule has 0 saturated carbocycles. The molecule has 0 aliphatic heterocycles. The van der Waals surface area contributed by atoms with Crippen LogP contribution in [0.25, 0.3) is 27.6 Å². The van der Waals surface area contributed by atoms with Gasteiger partial charge in [0.25, 0.3) is 5.91 Å². The largest absolute Gasteiger partial charge is 0.416 e. The molecule has 5 aromatic rings. The highest BCUT2D eigenvalue weighted by molar-refractivity contribution is 6.10. The first-order valence-electron chi connectivity index (χ1n) is 11.4. The van der Waals surface area contributed by atoms with Gasteiger partial charge < -0.3 is 10.4 Å². The van der Waals surface area contributed by atoms with E-state index in [1.165, 1.54) is 12.1 Å². The van der Waals surface area contributed by atoms with Gasteiger partial charge in [-0.25, -0.2) is 0 Å². The number of carbonyl (C=O) groups excluding carboxylic acids is 1. The van der Waals surface area contributed by atoms with Crippen LogP contribution in [0.5, 0.6) is 0 Å². The second-order valence-electron chi connectivity index (χ2n) is 9.07. The van der Waals surface area contributed by atoms with E-state index in [9.17, 15) is 23.1 Å². The van der Waals surface area contributed by atoms with Crippen LogP contribution in [0.15, 0.2) is 72.9 Å². The van der Waals surface area contributed by atoms with Crippen molar-refractivity contribution in [1.82, 2.24) is 19.7 Å². The van der Waals surface area contributed by atoms with Crippen LogP contribution in [-0.2, 0) is 19.6 Å². The maximum Gasteiger partial charge on any atom is 0.416 e. The third-order valence-corrected chi connectivity index (χ3v) is 6.75. The van der Waals surface area contributed by atoms with E-state index in [-0.39, 0.29) is 5.91 Å². The minimum absolute atomic E-state index is 0.322. The molecule has 2 atom stereocenters. The third-order valence-electron chi connectivity index (χ3n) is 6.75. The van der Waals surface area contributed by atoms with Gasteiger partial charge in [-0.3, -0.25) is 14.0 Å². The van der Waals surface area contributed by atoms with E-state index in [0.717, 1.165) is 39.5 Å². The second kappa shape index (κ2) is 7.96. The Morgan fingerprint density at radius 1 is 1.06 bits per heavy atom. The van der Waals surface area contributed by atoms with Crippen molar-refractivity contribution < 1.29 is 23.1 Å². The molecule has 2 heterocycles. The van der Waals surface area contributed by atoms with Crippen molar-refractivity contribution in [2.75, 3.05) is 0 Å². The van der Waals surface area contributed by atoms with Crippen molar-refractivity contribution in [1.29, 1.82) is 0 Å². The van der Waals surface area contributed by atoms with Gasteiger partial charge in [-0.2, -0.15) is 18.3 Å².